The molecule has 0 spiro atoms. The standard InChI is InChI=1S/C23H30O5S2/c1-4-25-12-14-27-20-11-10-17(16-21(20)28-15-13-26-5-2)22(29)23(30)18-8-6-7-9-19(18)24-3/h6-11,16,29-30H,4-5,12-15H2,1-3H3/b23-22-. The summed E-state index contributed by atoms with van der Waals surface area (Å²) in [5.41, 5.74) is 1.72. The molecule has 0 aliphatic rings. The van der Waals surface area contributed by atoms with E-state index in [-0.39, 0.29) is 0 Å². The molecule has 0 saturated carbocycles. The molecule has 0 unspecified atom stereocenters. The second kappa shape index (κ2) is 13.5. The number of hydrogen-bond donors (Lipinski definition) is 2. The van der Waals surface area contributed by atoms with Crippen LogP contribution >= 0.6 is 25.3 Å². The summed E-state index contributed by atoms with van der Waals surface area (Å²) in [6, 6.07) is 13.4. The van der Waals surface area contributed by atoms with Crippen LogP contribution in [0, 0.1) is 0 Å². The number of thiol groups is 2. The van der Waals surface area contributed by atoms with Gasteiger partial charge in [0.05, 0.1) is 20.3 Å². The van der Waals surface area contributed by atoms with E-state index in [1.54, 1.807) is 7.11 Å². The van der Waals surface area contributed by atoms with Crippen molar-refractivity contribution in [3.05, 3.63) is 53.6 Å². The number of ether oxygens (including phenoxy) is 5. The first kappa shape index (κ1) is 24.5. The van der Waals surface area contributed by atoms with E-state index in [2.05, 4.69) is 0 Å². The third-order valence-corrected chi connectivity index (χ3v) is 5.30. The van der Waals surface area contributed by atoms with Crippen LogP contribution in [0.5, 0.6) is 17.2 Å². The van der Waals surface area contributed by atoms with Gasteiger partial charge in [0.15, 0.2) is 11.5 Å². The van der Waals surface area contributed by atoms with Crippen molar-refractivity contribution in [1.82, 2.24) is 0 Å². The van der Waals surface area contributed by atoms with Gasteiger partial charge in [-0.15, -0.1) is 25.3 Å². The summed E-state index contributed by atoms with van der Waals surface area (Å²) in [6.07, 6.45) is 0. The fourth-order valence-corrected chi connectivity index (χ4v) is 3.28. The molecule has 0 saturated heterocycles. The highest BCUT2D eigenvalue weighted by Gasteiger charge is 2.13. The summed E-state index contributed by atoms with van der Waals surface area (Å²) in [7, 11) is 1.64. The summed E-state index contributed by atoms with van der Waals surface area (Å²) in [6.45, 7) is 7.09. The maximum absolute atomic E-state index is 5.92. The quantitative estimate of drug-likeness (QED) is 0.249. The maximum Gasteiger partial charge on any atom is 0.161 e. The second-order valence-corrected chi connectivity index (χ2v) is 7.04. The van der Waals surface area contributed by atoms with Crippen molar-refractivity contribution in [3.8, 4) is 17.2 Å². The van der Waals surface area contributed by atoms with Crippen LogP contribution in [0.4, 0.5) is 0 Å². The lowest BCUT2D eigenvalue weighted by atomic mass is 10.1. The van der Waals surface area contributed by atoms with E-state index in [4.69, 9.17) is 48.9 Å². The van der Waals surface area contributed by atoms with Gasteiger partial charge in [0.2, 0.25) is 0 Å². The molecule has 0 fully saturated rings. The molecule has 30 heavy (non-hydrogen) atoms. The Bertz CT molecular complexity index is 823. The van der Waals surface area contributed by atoms with E-state index >= 15 is 0 Å². The van der Waals surface area contributed by atoms with Gasteiger partial charge in [0.25, 0.3) is 0 Å². The minimum Gasteiger partial charge on any atom is -0.496 e. The topological polar surface area (TPSA) is 46.2 Å². The molecule has 0 aliphatic carbocycles. The van der Waals surface area contributed by atoms with Gasteiger partial charge in [-0.2, -0.15) is 0 Å². The van der Waals surface area contributed by atoms with E-state index in [0.717, 1.165) is 16.9 Å². The van der Waals surface area contributed by atoms with Gasteiger partial charge < -0.3 is 23.7 Å². The Morgan fingerprint density at radius 2 is 1.37 bits per heavy atom. The Hall–Kier alpha value is -1.80. The molecule has 0 heterocycles. The lowest BCUT2D eigenvalue weighted by Crippen LogP contribution is -2.10. The van der Waals surface area contributed by atoms with E-state index < -0.39 is 0 Å². The average molecular weight is 451 g/mol. The predicted molar refractivity (Wildman–Crippen MR) is 128 cm³/mol. The molecule has 7 heteroatoms. The number of methoxy groups -OCH3 is 1. The minimum atomic E-state index is 0.422. The molecular weight excluding hydrogens is 420 g/mol. The molecule has 164 valence electrons. The molecule has 0 aliphatic heterocycles. The SMILES string of the molecule is CCOCCOc1ccc(/C(S)=C(/S)c2ccccc2OC)cc1OCCOCC. The molecule has 0 aromatic heterocycles. The van der Waals surface area contributed by atoms with E-state index in [0.29, 0.717) is 61.0 Å². The van der Waals surface area contributed by atoms with Crippen molar-refractivity contribution in [2.24, 2.45) is 0 Å². The lowest BCUT2D eigenvalue weighted by molar-refractivity contribution is 0.0999. The van der Waals surface area contributed by atoms with Crippen molar-refractivity contribution in [1.29, 1.82) is 0 Å². The molecule has 0 radical (unpaired) electrons. The lowest BCUT2D eigenvalue weighted by Gasteiger charge is -2.16. The van der Waals surface area contributed by atoms with Crippen molar-refractivity contribution >= 4 is 35.1 Å². The smallest absolute Gasteiger partial charge is 0.161 e. The van der Waals surface area contributed by atoms with Crippen molar-refractivity contribution < 1.29 is 23.7 Å². The van der Waals surface area contributed by atoms with Gasteiger partial charge in [-0.25, -0.2) is 0 Å². The zero-order valence-electron chi connectivity index (χ0n) is 17.7. The maximum atomic E-state index is 5.92. The van der Waals surface area contributed by atoms with E-state index in [1.807, 2.05) is 56.3 Å². The molecule has 0 bridgehead atoms. The van der Waals surface area contributed by atoms with Crippen LogP contribution in [0.1, 0.15) is 25.0 Å². The van der Waals surface area contributed by atoms with Crippen LogP contribution in [-0.2, 0) is 9.47 Å². The second-order valence-electron chi connectivity index (χ2n) is 6.15. The molecule has 2 rings (SSSR count). The summed E-state index contributed by atoms with van der Waals surface area (Å²) in [4.78, 5) is 1.42. The predicted octanol–water partition coefficient (Wildman–Crippen LogP) is 5.21. The van der Waals surface area contributed by atoms with Crippen LogP contribution < -0.4 is 14.2 Å². The third-order valence-electron chi connectivity index (χ3n) is 4.18. The fraction of sp³-hybridized carbons (Fsp3) is 0.391. The first-order valence-electron chi connectivity index (χ1n) is 9.93. The Morgan fingerprint density at radius 3 is 2.00 bits per heavy atom. The van der Waals surface area contributed by atoms with Gasteiger partial charge in [-0.1, -0.05) is 18.2 Å². The number of benzene rings is 2. The van der Waals surface area contributed by atoms with Crippen LogP contribution in [0.15, 0.2) is 42.5 Å². The molecule has 0 atom stereocenters. The van der Waals surface area contributed by atoms with Crippen LogP contribution in [-0.4, -0.2) is 46.8 Å². The molecule has 2 aromatic carbocycles. The number of para-hydroxylation sites is 1. The molecular formula is C23H30O5S2. The van der Waals surface area contributed by atoms with Crippen molar-refractivity contribution in [2.75, 3.05) is 46.8 Å². The molecule has 5 nitrogen and oxygen atoms in total. The third kappa shape index (κ3) is 7.16. The number of hydrogen-bond acceptors (Lipinski definition) is 7. The van der Waals surface area contributed by atoms with Gasteiger partial charge in [-0.3, -0.25) is 0 Å². The van der Waals surface area contributed by atoms with Crippen LogP contribution in [0.3, 0.4) is 0 Å². The fourth-order valence-electron chi connectivity index (χ4n) is 2.70. The zero-order valence-corrected chi connectivity index (χ0v) is 19.5. The minimum absolute atomic E-state index is 0.422. The van der Waals surface area contributed by atoms with Crippen LogP contribution in [0.2, 0.25) is 0 Å². The first-order valence-corrected chi connectivity index (χ1v) is 10.8. The number of rotatable bonds is 13. The Balaban J connectivity index is 2.29. The van der Waals surface area contributed by atoms with Crippen molar-refractivity contribution in [3.63, 3.8) is 0 Å². The largest absolute Gasteiger partial charge is 0.496 e. The van der Waals surface area contributed by atoms with Gasteiger partial charge in [0.1, 0.15) is 19.0 Å². The zero-order chi connectivity index (χ0) is 21.8. The Labute approximate surface area is 190 Å². The first-order chi connectivity index (χ1) is 14.6. The summed E-state index contributed by atoms with van der Waals surface area (Å²) in [5.74, 6) is 2.00. The summed E-state index contributed by atoms with van der Waals surface area (Å²) < 4.78 is 27.9. The van der Waals surface area contributed by atoms with E-state index in [1.165, 1.54) is 0 Å². The average Bonchev–Trinajstić information content (AvgIpc) is 2.79. The molecule has 2 aromatic rings. The van der Waals surface area contributed by atoms with E-state index in [9.17, 15) is 0 Å². The molecule has 0 N–H and O–H groups in total. The Morgan fingerprint density at radius 1 is 0.733 bits per heavy atom. The van der Waals surface area contributed by atoms with Gasteiger partial charge >= 0.3 is 0 Å². The molecule has 0 amide bonds. The normalized spacial score (nSPS) is 11.8. The summed E-state index contributed by atoms with van der Waals surface area (Å²) in [5, 5.41) is 0. The van der Waals surface area contributed by atoms with Crippen LogP contribution in [0.25, 0.3) is 9.81 Å². The van der Waals surface area contributed by atoms with Gasteiger partial charge in [-0.05, 0) is 43.7 Å². The van der Waals surface area contributed by atoms with Gasteiger partial charge in [0, 0.05) is 28.6 Å². The summed E-state index contributed by atoms with van der Waals surface area (Å²) >= 11 is 9.43. The highest BCUT2D eigenvalue weighted by molar-refractivity contribution is 7.96. The highest BCUT2D eigenvalue weighted by Crippen LogP contribution is 2.39. The monoisotopic (exact) mass is 450 g/mol. The Kier molecular flexibility index (Phi) is 11.0. The van der Waals surface area contributed by atoms with Crippen molar-refractivity contribution in [2.45, 2.75) is 13.8 Å². The highest BCUT2D eigenvalue weighted by atomic mass is 32.1.